The molecule has 0 aliphatic carbocycles. The van der Waals surface area contributed by atoms with Crippen LogP contribution in [-0.4, -0.2) is 12.1 Å². The van der Waals surface area contributed by atoms with E-state index in [1.807, 2.05) is 43.3 Å². The number of allylic oxidation sites excluding steroid dienone is 1. The number of hydrogen-bond acceptors (Lipinski definition) is 2. The molecule has 0 bridgehead atoms. The summed E-state index contributed by atoms with van der Waals surface area (Å²) in [5.74, 6) is 5.52. The molecule has 0 saturated carbocycles. The van der Waals surface area contributed by atoms with Gasteiger partial charge in [0.2, 0.25) is 0 Å². The Morgan fingerprint density at radius 1 is 1.38 bits per heavy atom. The van der Waals surface area contributed by atoms with Gasteiger partial charge in [0.05, 0.1) is 0 Å². The predicted octanol–water partition coefficient (Wildman–Crippen LogP) is 2.55. The van der Waals surface area contributed by atoms with E-state index in [0.29, 0.717) is 0 Å². The summed E-state index contributed by atoms with van der Waals surface area (Å²) in [6, 6.07) is 9.59. The number of ether oxygens (including phenoxy) is 1. The SMILES string of the molecule is C/C=C/C(C#Cc1ccccc1)OC(C)=O. The molecule has 2 heteroatoms. The number of hydrogen-bond donors (Lipinski definition) is 0. The van der Waals surface area contributed by atoms with Crippen LogP contribution < -0.4 is 0 Å². The maximum atomic E-state index is 10.8. The van der Waals surface area contributed by atoms with Crippen LogP contribution in [0.25, 0.3) is 0 Å². The molecule has 0 amide bonds. The van der Waals surface area contributed by atoms with Crippen LogP contribution in [-0.2, 0) is 9.53 Å². The maximum Gasteiger partial charge on any atom is 0.304 e. The molecule has 0 aromatic heterocycles. The topological polar surface area (TPSA) is 26.3 Å². The van der Waals surface area contributed by atoms with Gasteiger partial charge in [0, 0.05) is 12.5 Å². The zero-order valence-electron chi connectivity index (χ0n) is 9.44. The van der Waals surface area contributed by atoms with Gasteiger partial charge in [-0.3, -0.25) is 4.79 Å². The van der Waals surface area contributed by atoms with E-state index in [9.17, 15) is 4.79 Å². The zero-order chi connectivity index (χ0) is 11.8. The van der Waals surface area contributed by atoms with Crippen LogP contribution in [0, 0.1) is 11.8 Å². The molecule has 0 aliphatic heterocycles. The molecule has 2 nitrogen and oxygen atoms in total. The average molecular weight is 214 g/mol. The van der Waals surface area contributed by atoms with Crippen molar-refractivity contribution in [2.24, 2.45) is 0 Å². The fraction of sp³-hybridized carbons (Fsp3) is 0.214. The van der Waals surface area contributed by atoms with Crippen LogP contribution in [0.5, 0.6) is 0 Å². The highest BCUT2D eigenvalue weighted by atomic mass is 16.5. The summed E-state index contributed by atoms with van der Waals surface area (Å²) in [4.78, 5) is 10.8. The number of carbonyl (C=O) groups is 1. The van der Waals surface area contributed by atoms with Crippen molar-refractivity contribution < 1.29 is 9.53 Å². The zero-order valence-corrected chi connectivity index (χ0v) is 9.44. The quantitative estimate of drug-likeness (QED) is 0.429. The molecule has 0 saturated heterocycles. The smallest absolute Gasteiger partial charge is 0.304 e. The van der Waals surface area contributed by atoms with Gasteiger partial charge < -0.3 is 4.74 Å². The minimum Gasteiger partial charge on any atom is -0.445 e. The van der Waals surface area contributed by atoms with E-state index in [1.165, 1.54) is 6.92 Å². The van der Waals surface area contributed by atoms with Crippen LogP contribution in [0.4, 0.5) is 0 Å². The van der Waals surface area contributed by atoms with Crippen LogP contribution in [0.3, 0.4) is 0 Å². The van der Waals surface area contributed by atoms with Gasteiger partial charge >= 0.3 is 5.97 Å². The lowest BCUT2D eigenvalue weighted by molar-refractivity contribution is -0.142. The normalized spacial score (nSPS) is 11.6. The molecule has 0 spiro atoms. The van der Waals surface area contributed by atoms with Gasteiger partial charge in [-0.05, 0) is 31.1 Å². The minimum absolute atomic E-state index is 0.328. The Bertz CT molecular complexity index is 421. The van der Waals surface area contributed by atoms with Crippen molar-refractivity contribution in [1.29, 1.82) is 0 Å². The molecule has 1 aromatic rings. The second-order valence-electron chi connectivity index (χ2n) is 3.19. The highest BCUT2D eigenvalue weighted by Crippen LogP contribution is 1.98. The first-order valence-corrected chi connectivity index (χ1v) is 5.09. The van der Waals surface area contributed by atoms with E-state index in [1.54, 1.807) is 6.08 Å². The Kier molecular flexibility index (Phi) is 4.88. The second-order valence-corrected chi connectivity index (χ2v) is 3.19. The molecule has 0 N–H and O–H groups in total. The molecule has 82 valence electrons. The van der Waals surface area contributed by atoms with Crippen molar-refractivity contribution in [2.75, 3.05) is 0 Å². The number of esters is 1. The summed E-state index contributed by atoms with van der Waals surface area (Å²) in [6.45, 7) is 3.24. The van der Waals surface area contributed by atoms with Gasteiger partial charge in [0.1, 0.15) is 0 Å². The standard InChI is InChI=1S/C14H14O2/c1-3-7-14(16-12(2)15)11-10-13-8-5-4-6-9-13/h3-9,14H,1-2H3/b7-3+. The van der Waals surface area contributed by atoms with E-state index in [4.69, 9.17) is 4.74 Å². The molecule has 16 heavy (non-hydrogen) atoms. The molecule has 1 atom stereocenters. The third kappa shape index (κ3) is 4.47. The third-order valence-corrected chi connectivity index (χ3v) is 1.79. The number of rotatable bonds is 2. The molecule has 0 aliphatic rings. The van der Waals surface area contributed by atoms with Crippen LogP contribution in [0.2, 0.25) is 0 Å². The van der Waals surface area contributed by atoms with Crippen LogP contribution in [0.15, 0.2) is 42.5 Å². The van der Waals surface area contributed by atoms with Gasteiger partial charge in [-0.1, -0.05) is 30.2 Å². The van der Waals surface area contributed by atoms with E-state index >= 15 is 0 Å². The van der Waals surface area contributed by atoms with Crippen molar-refractivity contribution in [2.45, 2.75) is 20.0 Å². The summed E-state index contributed by atoms with van der Waals surface area (Å²) in [5, 5.41) is 0. The Morgan fingerprint density at radius 2 is 2.06 bits per heavy atom. The summed E-state index contributed by atoms with van der Waals surface area (Å²) in [7, 11) is 0. The van der Waals surface area contributed by atoms with Crippen LogP contribution in [0.1, 0.15) is 19.4 Å². The van der Waals surface area contributed by atoms with Gasteiger partial charge in [0.15, 0.2) is 6.10 Å². The molecule has 1 aromatic carbocycles. The van der Waals surface area contributed by atoms with E-state index in [-0.39, 0.29) is 5.97 Å². The highest BCUT2D eigenvalue weighted by molar-refractivity contribution is 5.66. The fourth-order valence-corrected chi connectivity index (χ4v) is 1.15. The first-order valence-electron chi connectivity index (χ1n) is 5.09. The van der Waals surface area contributed by atoms with Crippen molar-refractivity contribution >= 4 is 5.97 Å². The Labute approximate surface area is 95.9 Å². The second kappa shape index (κ2) is 6.47. The Morgan fingerprint density at radius 3 is 2.62 bits per heavy atom. The molecule has 0 radical (unpaired) electrons. The molecular weight excluding hydrogens is 200 g/mol. The molecule has 0 fully saturated rings. The van der Waals surface area contributed by atoms with E-state index in [2.05, 4.69) is 11.8 Å². The van der Waals surface area contributed by atoms with E-state index < -0.39 is 6.10 Å². The van der Waals surface area contributed by atoms with Gasteiger partial charge in [-0.25, -0.2) is 0 Å². The average Bonchev–Trinajstić information content (AvgIpc) is 2.27. The molecule has 1 rings (SSSR count). The van der Waals surface area contributed by atoms with Gasteiger partial charge in [-0.2, -0.15) is 0 Å². The lowest BCUT2D eigenvalue weighted by atomic mass is 10.2. The molecule has 1 unspecified atom stereocenters. The highest BCUT2D eigenvalue weighted by Gasteiger charge is 2.02. The van der Waals surface area contributed by atoms with Crippen molar-refractivity contribution in [3.05, 3.63) is 48.0 Å². The maximum absolute atomic E-state index is 10.8. The first-order chi connectivity index (χ1) is 7.72. The predicted molar refractivity (Wildman–Crippen MR) is 63.7 cm³/mol. The summed E-state index contributed by atoms with van der Waals surface area (Å²) in [6.07, 6.45) is 3.09. The Hall–Kier alpha value is -2.01. The largest absolute Gasteiger partial charge is 0.445 e. The summed E-state index contributed by atoms with van der Waals surface area (Å²) in [5.41, 5.74) is 0.907. The fourth-order valence-electron chi connectivity index (χ4n) is 1.15. The van der Waals surface area contributed by atoms with Crippen molar-refractivity contribution in [3.8, 4) is 11.8 Å². The van der Waals surface area contributed by atoms with Crippen molar-refractivity contribution in [1.82, 2.24) is 0 Å². The monoisotopic (exact) mass is 214 g/mol. The molecule has 0 heterocycles. The first kappa shape index (κ1) is 12.1. The molecular formula is C14H14O2. The Balaban J connectivity index is 2.75. The number of carbonyl (C=O) groups excluding carboxylic acids is 1. The van der Waals surface area contributed by atoms with E-state index in [0.717, 1.165) is 5.56 Å². The summed E-state index contributed by atoms with van der Waals surface area (Å²) >= 11 is 0. The van der Waals surface area contributed by atoms with Gasteiger partial charge in [0.25, 0.3) is 0 Å². The van der Waals surface area contributed by atoms with Gasteiger partial charge in [-0.15, -0.1) is 0 Å². The van der Waals surface area contributed by atoms with Crippen molar-refractivity contribution in [3.63, 3.8) is 0 Å². The third-order valence-electron chi connectivity index (χ3n) is 1.79. The minimum atomic E-state index is -0.470. The summed E-state index contributed by atoms with van der Waals surface area (Å²) < 4.78 is 5.01. The van der Waals surface area contributed by atoms with Crippen LogP contribution >= 0.6 is 0 Å². The number of benzene rings is 1. The lowest BCUT2D eigenvalue weighted by Crippen LogP contribution is -2.11. The lowest BCUT2D eigenvalue weighted by Gasteiger charge is -2.04.